The normalized spacial score (nSPS) is 10.2. The lowest BCUT2D eigenvalue weighted by Crippen LogP contribution is -2.03. The number of rotatable bonds is 5. The number of nitrogens with one attached hydrogen (secondary N) is 1. The molecule has 0 unspecified atom stereocenters. The van der Waals surface area contributed by atoms with E-state index in [2.05, 4.69) is 5.32 Å². The van der Waals surface area contributed by atoms with Crippen LogP contribution in [0.3, 0.4) is 0 Å². The predicted molar refractivity (Wildman–Crippen MR) is 78.3 cm³/mol. The van der Waals surface area contributed by atoms with Crippen molar-refractivity contribution in [3.05, 3.63) is 52.8 Å². The van der Waals surface area contributed by atoms with E-state index in [-0.39, 0.29) is 5.02 Å². The van der Waals surface area contributed by atoms with Gasteiger partial charge in [-0.25, -0.2) is 4.39 Å². The van der Waals surface area contributed by atoms with Crippen LogP contribution in [-0.4, -0.2) is 14.2 Å². The van der Waals surface area contributed by atoms with Gasteiger partial charge in [-0.3, -0.25) is 0 Å². The minimum atomic E-state index is -0.457. The highest BCUT2D eigenvalue weighted by molar-refractivity contribution is 6.31. The van der Waals surface area contributed by atoms with Gasteiger partial charge in [0.1, 0.15) is 11.5 Å². The molecule has 2 aromatic carbocycles. The summed E-state index contributed by atoms with van der Waals surface area (Å²) in [4.78, 5) is 0. The van der Waals surface area contributed by atoms with Gasteiger partial charge in [-0.2, -0.15) is 0 Å². The Morgan fingerprint density at radius 2 is 1.95 bits per heavy atom. The maximum Gasteiger partial charge on any atom is 0.164 e. The van der Waals surface area contributed by atoms with E-state index in [9.17, 15) is 4.39 Å². The van der Waals surface area contributed by atoms with Crippen LogP contribution in [0.4, 0.5) is 10.1 Å². The molecule has 0 spiro atoms. The average Bonchev–Trinajstić information content (AvgIpc) is 2.48. The van der Waals surface area contributed by atoms with Crippen LogP contribution in [0.15, 0.2) is 36.4 Å². The van der Waals surface area contributed by atoms with E-state index in [1.807, 2.05) is 12.1 Å². The first-order valence-electron chi connectivity index (χ1n) is 6.04. The first-order valence-corrected chi connectivity index (χ1v) is 6.42. The van der Waals surface area contributed by atoms with E-state index in [1.54, 1.807) is 32.4 Å². The summed E-state index contributed by atoms with van der Waals surface area (Å²) in [6, 6.07) is 10.3. The molecule has 0 heterocycles. The van der Waals surface area contributed by atoms with E-state index in [0.29, 0.717) is 23.7 Å². The van der Waals surface area contributed by atoms with Crippen LogP contribution < -0.4 is 14.8 Å². The van der Waals surface area contributed by atoms with Gasteiger partial charge in [0, 0.05) is 18.2 Å². The zero-order valence-electron chi connectivity index (χ0n) is 11.2. The molecule has 106 valence electrons. The molecule has 0 saturated carbocycles. The Morgan fingerprint density at radius 3 is 2.65 bits per heavy atom. The zero-order chi connectivity index (χ0) is 14.5. The first-order chi connectivity index (χ1) is 9.65. The molecule has 5 heteroatoms. The number of ether oxygens (including phenoxy) is 2. The molecule has 20 heavy (non-hydrogen) atoms. The highest BCUT2D eigenvalue weighted by Gasteiger charge is 2.08. The van der Waals surface area contributed by atoms with E-state index < -0.39 is 5.82 Å². The van der Waals surface area contributed by atoms with Crippen molar-refractivity contribution >= 4 is 17.3 Å². The van der Waals surface area contributed by atoms with Crippen LogP contribution in [0.1, 0.15) is 5.56 Å². The van der Waals surface area contributed by atoms with Gasteiger partial charge in [0.2, 0.25) is 0 Å². The number of anilines is 1. The molecule has 0 amide bonds. The summed E-state index contributed by atoms with van der Waals surface area (Å²) in [5.41, 5.74) is 1.25. The molecular formula is C15H15ClFNO2. The SMILES string of the molecule is COc1ccc(CNc2cccc(Cl)c2F)c(OC)c1. The Balaban J connectivity index is 2.16. The predicted octanol–water partition coefficient (Wildman–Crippen LogP) is 4.11. The summed E-state index contributed by atoms with van der Waals surface area (Å²) in [5.74, 6) is 0.931. The summed E-state index contributed by atoms with van der Waals surface area (Å²) in [6.45, 7) is 0.421. The fourth-order valence-corrected chi connectivity index (χ4v) is 2.00. The van der Waals surface area contributed by atoms with Crippen molar-refractivity contribution in [2.24, 2.45) is 0 Å². The Labute approximate surface area is 122 Å². The minimum Gasteiger partial charge on any atom is -0.497 e. The van der Waals surface area contributed by atoms with E-state index in [1.165, 1.54) is 6.07 Å². The summed E-state index contributed by atoms with van der Waals surface area (Å²) in [7, 11) is 3.17. The van der Waals surface area contributed by atoms with E-state index >= 15 is 0 Å². The first kappa shape index (κ1) is 14.5. The summed E-state index contributed by atoms with van der Waals surface area (Å²) < 4.78 is 24.2. The minimum absolute atomic E-state index is 0.0942. The fourth-order valence-electron chi connectivity index (χ4n) is 1.83. The highest BCUT2D eigenvalue weighted by Crippen LogP contribution is 2.27. The smallest absolute Gasteiger partial charge is 0.164 e. The van der Waals surface area contributed by atoms with Crippen molar-refractivity contribution in [1.82, 2.24) is 0 Å². The largest absolute Gasteiger partial charge is 0.497 e. The zero-order valence-corrected chi connectivity index (χ0v) is 12.0. The number of hydrogen-bond donors (Lipinski definition) is 1. The number of methoxy groups -OCH3 is 2. The molecule has 0 aliphatic carbocycles. The lowest BCUT2D eigenvalue weighted by molar-refractivity contribution is 0.391. The van der Waals surface area contributed by atoms with Crippen molar-refractivity contribution in [2.75, 3.05) is 19.5 Å². The fraction of sp³-hybridized carbons (Fsp3) is 0.200. The van der Waals surface area contributed by atoms with Crippen molar-refractivity contribution in [3.63, 3.8) is 0 Å². The maximum atomic E-state index is 13.8. The lowest BCUT2D eigenvalue weighted by Gasteiger charge is -2.12. The van der Waals surface area contributed by atoms with Crippen molar-refractivity contribution < 1.29 is 13.9 Å². The molecule has 0 fully saturated rings. The summed E-state index contributed by atoms with van der Waals surface area (Å²) in [6.07, 6.45) is 0. The second kappa shape index (κ2) is 6.48. The summed E-state index contributed by atoms with van der Waals surface area (Å²) in [5, 5.41) is 3.10. The Hall–Kier alpha value is -1.94. The highest BCUT2D eigenvalue weighted by atomic mass is 35.5. The van der Waals surface area contributed by atoms with Crippen molar-refractivity contribution in [1.29, 1.82) is 0 Å². The van der Waals surface area contributed by atoms with Gasteiger partial charge < -0.3 is 14.8 Å². The molecular weight excluding hydrogens is 281 g/mol. The third-order valence-electron chi connectivity index (χ3n) is 2.92. The van der Waals surface area contributed by atoms with Crippen LogP contribution in [0, 0.1) is 5.82 Å². The van der Waals surface area contributed by atoms with Crippen molar-refractivity contribution in [3.8, 4) is 11.5 Å². The molecule has 0 aliphatic heterocycles. The Morgan fingerprint density at radius 1 is 1.15 bits per heavy atom. The Bertz CT molecular complexity index is 604. The van der Waals surface area contributed by atoms with E-state index in [4.69, 9.17) is 21.1 Å². The van der Waals surface area contributed by atoms with Gasteiger partial charge in [-0.1, -0.05) is 17.7 Å². The van der Waals surface area contributed by atoms with Crippen molar-refractivity contribution in [2.45, 2.75) is 6.54 Å². The molecule has 0 radical (unpaired) electrons. The van der Waals surface area contributed by atoms with Crippen LogP contribution >= 0.6 is 11.6 Å². The van der Waals surface area contributed by atoms with Crippen LogP contribution in [0.2, 0.25) is 5.02 Å². The van der Waals surface area contributed by atoms with Gasteiger partial charge in [0.15, 0.2) is 5.82 Å². The molecule has 0 saturated heterocycles. The van der Waals surface area contributed by atoms with Gasteiger partial charge in [0.25, 0.3) is 0 Å². The second-order valence-electron chi connectivity index (χ2n) is 4.13. The second-order valence-corrected chi connectivity index (χ2v) is 4.54. The number of halogens is 2. The maximum absolute atomic E-state index is 13.8. The molecule has 0 atom stereocenters. The van der Waals surface area contributed by atoms with Gasteiger partial charge in [-0.05, 0) is 24.3 Å². The Kier molecular flexibility index (Phi) is 4.69. The molecule has 2 rings (SSSR count). The quantitative estimate of drug-likeness (QED) is 0.900. The number of hydrogen-bond acceptors (Lipinski definition) is 3. The topological polar surface area (TPSA) is 30.5 Å². The molecule has 2 aromatic rings. The van der Waals surface area contributed by atoms with Gasteiger partial charge in [0.05, 0.1) is 24.9 Å². The van der Waals surface area contributed by atoms with Crippen LogP contribution in [0.5, 0.6) is 11.5 Å². The monoisotopic (exact) mass is 295 g/mol. The van der Waals surface area contributed by atoms with E-state index in [0.717, 1.165) is 5.56 Å². The molecule has 0 aliphatic rings. The standard InChI is InChI=1S/C15H15ClFNO2/c1-19-11-7-6-10(14(8-11)20-2)9-18-13-5-3-4-12(16)15(13)17/h3-8,18H,9H2,1-2H3. The molecule has 3 nitrogen and oxygen atoms in total. The van der Waals surface area contributed by atoms with Crippen LogP contribution in [0.25, 0.3) is 0 Å². The lowest BCUT2D eigenvalue weighted by atomic mass is 10.2. The summed E-state index contributed by atoms with van der Waals surface area (Å²) >= 11 is 5.74. The van der Waals surface area contributed by atoms with Crippen LogP contribution in [-0.2, 0) is 6.54 Å². The van der Waals surface area contributed by atoms with Gasteiger partial charge >= 0.3 is 0 Å². The average molecular weight is 296 g/mol. The molecule has 0 aromatic heterocycles. The van der Waals surface area contributed by atoms with Gasteiger partial charge in [-0.15, -0.1) is 0 Å². The third-order valence-corrected chi connectivity index (χ3v) is 3.21. The number of benzene rings is 2. The molecule has 0 bridgehead atoms. The molecule has 1 N–H and O–H groups in total. The third kappa shape index (κ3) is 3.14.